The molecule has 0 radical (unpaired) electrons. The number of anilines is 1. The van der Waals surface area contributed by atoms with Crippen molar-refractivity contribution in [2.75, 3.05) is 11.9 Å². The zero-order valence-corrected chi connectivity index (χ0v) is 15.6. The average Bonchev–Trinajstić information content (AvgIpc) is 2.86. The molecule has 2 aromatic rings. The van der Waals surface area contributed by atoms with Gasteiger partial charge in [-0.3, -0.25) is 24.6 Å². The van der Waals surface area contributed by atoms with Gasteiger partial charge < -0.3 is 5.32 Å². The van der Waals surface area contributed by atoms with Crippen molar-refractivity contribution in [3.8, 4) is 0 Å². The maximum absolute atomic E-state index is 12.9. The number of nitrogens with one attached hydrogen (secondary N) is 1. The van der Waals surface area contributed by atoms with Crippen LogP contribution in [0.15, 0.2) is 60.8 Å². The Hall–Kier alpha value is -3.74. The number of amides is 2. The number of benzene rings is 2. The summed E-state index contributed by atoms with van der Waals surface area (Å²) in [6.45, 7) is 7.55. The summed E-state index contributed by atoms with van der Waals surface area (Å²) in [5.41, 5.74) is 3.38. The first-order chi connectivity index (χ1) is 13.3. The maximum Gasteiger partial charge on any atom is 0.278 e. The number of nitrogens with zero attached hydrogens (tertiary/aromatic N) is 2. The van der Waals surface area contributed by atoms with Gasteiger partial charge in [0.05, 0.1) is 10.5 Å². The molecule has 2 amide bonds. The molecule has 7 nitrogen and oxygen atoms in total. The van der Waals surface area contributed by atoms with Crippen LogP contribution in [0.5, 0.6) is 0 Å². The fourth-order valence-corrected chi connectivity index (χ4v) is 3.20. The van der Waals surface area contributed by atoms with Crippen LogP contribution in [-0.4, -0.2) is 28.2 Å². The third-order valence-corrected chi connectivity index (χ3v) is 4.34. The monoisotopic (exact) mass is 377 g/mol. The molecular formula is C21H19N3O4. The van der Waals surface area contributed by atoms with Crippen molar-refractivity contribution in [2.24, 2.45) is 0 Å². The molecule has 1 heterocycles. The van der Waals surface area contributed by atoms with E-state index < -0.39 is 16.7 Å². The van der Waals surface area contributed by atoms with Crippen LogP contribution in [0.2, 0.25) is 0 Å². The average molecular weight is 377 g/mol. The van der Waals surface area contributed by atoms with Crippen LogP contribution >= 0.6 is 0 Å². The number of nitro groups is 1. The van der Waals surface area contributed by atoms with Crippen molar-refractivity contribution in [1.29, 1.82) is 0 Å². The highest BCUT2D eigenvalue weighted by Gasteiger charge is 2.38. The standard InChI is InChI=1S/C21H19N3O4/c1-4-9-23-20(25)18(15-5-7-17(8-6-15)24(27)28)19(21(23)26)22-16-11-13(2)10-14(3)12-16/h4-8,10-12,22H,1,9H2,2-3H3. The van der Waals surface area contributed by atoms with Gasteiger partial charge in [-0.1, -0.05) is 12.1 Å². The second-order valence-corrected chi connectivity index (χ2v) is 6.56. The molecule has 0 bridgehead atoms. The molecule has 0 spiro atoms. The molecule has 0 saturated carbocycles. The smallest absolute Gasteiger partial charge is 0.278 e. The van der Waals surface area contributed by atoms with Crippen LogP contribution < -0.4 is 5.32 Å². The molecule has 3 rings (SSSR count). The van der Waals surface area contributed by atoms with Crippen LogP contribution in [0.1, 0.15) is 16.7 Å². The number of aryl methyl sites for hydroxylation is 2. The Bertz CT molecular complexity index is 1000. The highest BCUT2D eigenvalue weighted by molar-refractivity contribution is 6.36. The van der Waals surface area contributed by atoms with Gasteiger partial charge in [0, 0.05) is 24.4 Å². The lowest BCUT2D eigenvalue weighted by Crippen LogP contribution is -2.32. The minimum atomic E-state index is -0.515. The Labute approximate surface area is 162 Å². The molecule has 0 aliphatic carbocycles. The van der Waals surface area contributed by atoms with Crippen LogP contribution in [0.4, 0.5) is 11.4 Å². The summed E-state index contributed by atoms with van der Waals surface area (Å²) in [6.07, 6.45) is 1.48. The first kappa shape index (κ1) is 19.0. The zero-order valence-electron chi connectivity index (χ0n) is 15.6. The predicted molar refractivity (Wildman–Crippen MR) is 106 cm³/mol. The van der Waals surface area contributed by atoms with E-state index in [-0.39, 0.29) is 23.5 Å². The largest absolute Gasteiger partial charge is 0.350 e. The van der Waals surface area contributed by atoms with Crippen molar-refractivity contribution in [1.82, 2.24) is 4.90 Å². The van der Waals surface area contributed by atoms with E-state index in [0.717, 1.165) is 16.0 Å². The van der Waals surface area contributed by atoms with Crippen molar-refractivity contribution in [2.45, 2.75) is 13.8 Å². The van der Waals surface area contributed by atoms with E-state index in [1.165, 1.54) is 30.3 Å². The van der Waals surface area contributed by atoms with Crippen molar-refractivity contribution in [3.05, 3.63) is 87.6 Å². The van der Waals surface area contributed by atoms with Gasteiger partial charge in [0.1, 0.15) is 5.70 Å². The van der Waals surface area contributed by atoms with Gasteiger partial charge in [-0.2, -0.15) is 0 Å². The van der Waals surface area contributed by atoms with Gasteiger partial charge >= 0.3 is 0 Å². The molecule has 2 aromatic carbocycles. The second kappa shape index (κ2) is 7.48. The number of hydrogen-bond donors (Lipinski definition) is 1. The molecule has 0 saturated heterocycles. The zero-order chi connectivity index (χ0) is 20.4. The topological polar surface area (TPSA) is 92.6 Å². The first-order valence-corrected chi connectivity index (χ1v) is 8.63. The number of rotatable bonds is 6. The number of carbonyl (C=O) groups excluding carboxylic acids is 2. The van der Waals surface area contributed by atoms with E-state index in [1.54, 1.807) is 0 Å². The summed E-state index contributed by atoms with van der Waals surface area (Å²) in [6, 6.07) is 11.3. The summed E-state index contributed by atoms with van der Waals surface area (Å²) in [4.78, 5) is 37.2. The second-order valence-electron chi connectivity index (χ2n) is 6.56. The molecule has 7 heteroatoms. The van der Waals surface area contributed by atoms with Gasteiger partial charge in [-0.15, -0.1) is 6.58 Å². The predicted octanol–water partition coefficient (Wildman–Crippen LogP) is 3.59. The first-order valence-electron chi connectivity index (χ1n) is 8.63. The summed E-state index contributed by atoms with van der Waals surface area (Å²) in [5, 5.41) is 14.0. The molecule has 28 heavy (non-hydrogen) atoms. The third-order valence-electron chi connectivity index (χ3n) is 4.34. The van der Waals surface area contributed by atoms with Crippen molar-refractivity contribution >= 4 is 28.8 Å². The van der Waals surface area contributed by atoms with E-state index in [2.05, 4.69) is 11.9 Å². The number of non-ortho nitro benzene ring substituents is 1. The number of nitro benzene ring substituents is 1. The summed E-state index contributed by atoms with van der Waals surface area (Å²) in [7, 11) is 0. The van der Waals surface area contributed by atoms with E-state index in [0.29, 0.717) is 11.3 Å². The Kier molecular flexibility index (Phi) is 5.08. The molecule has 1 aliphatic heterocycles. The molecule has 1 aliphatic rings. The van der Waals surface area contributed by atoms with Crippen LogP contribution in [-0.2, 0) is 9.59 Å². The Morgan fingerprint density at radius 3 is 2.21 bits per heavy atom. The molecular weight excluding hydrogens is 358 g/mol. The van der Waals surface area contributed by atoms with Crippen LogP contribution in [0.3, 0.4) is 0 Å². The Morgan fingerprint density at radius 1 is 1.07 bits per heavy atom. The highest BCUT2D eigenvalue weighted by atomic mass is 16.6. The van der Waals surface area contributed by atoms with E-state index in [1.807, 2.05) is 32.0 Å². The molecule has 0 aromatic heterocycles. The Balaban J connectivity index is 2.09. The van der Waals surface area contributed by atoms with Crippen molar-refractivity contribution < 1.29 is 14.5 Å². The highest BCUT2D eigenvalue weighted by Crippen LogP contribution is 2.31. The molecule has 0 unspecified atom stereocenters. The third kappa shape index (κ3) is 3.55. The van der Waals surface area contributed by atoms with Gasteiger partial charge in [-0.25, -0.2) is 0 Å². The molecule has 0 fully saturated rings. The van der Waals surface area contributed by atoms with Crippen LogP contribution in [0, 0.1) is 24.0 Å². The molecule has 1 N–H and O–H groups in total. The fourth-order valence-electron chi connectivity index (χ4n) is 3.20. The number of hydrogen-bond acceptors (Lipinski definition) is 5. The summed E-state index contributed by atoms with van der Waals surface area (Å²) >= 11 is 0. The quantitative estimate of drug-likeness (QED) is 0.359. The van der Waals surface area contributed by atoms with Crippen molar-refractivity contribution in [3.63, 3.8) is 0 Å². The van der Waals surface area contributed by atoms with Gasteiger partial charge in [0.2, 0.25) is 0 Å². The SMILES string of the molecule is C=CCN1C(=O)C(Nc2cc(C)cc(C)c2)=C(c2ccc([N+](=O)[O-])cc2)C1=O. The van der Waals surface area contributed by atoms with Gasteiger partial charge in [0.25, 0.3) is 17.5 Å². The van der Waals surface area contributed by atoms with Gasteiger partial charge in [-0.05, 0) is 54.8 Å². The Morgan fingerprint density at radius 2 is 1.68 bits per heavy atom. The lowest BCUT2D eigenvalue weighted by molar-refractivity contribution is -0.384. The number of imide groups is 1. The lowest BCUT2D eigenvalue weighted by Gasteiger charge is -2.13. The van der Waals surface area contributed by atoms with E-state index in [9.17, 15) is 19.7 Å². The summed E-state index contributed by atoms with van der Waals surface area (Å²) < 4.78 is 0. The van der Waals surface area contributed by atoms with E-state index in [4.69, 9.17) is 0 Å². The molecule has 0 atom stereocenters. The fraction of sp³-hybridized carbons (Fsp3) is 0.143. The summed E-state index contributed by atoms with van der Waals surface area (Å²) in [5.74, 6) is -0.928. The molecule has 142 valence electrons. The number of carbonyl (C=O) groups is 2. The van der Waals surface area contributed by atoms with Gasteiger partial charge in [0.15, 0.2) is 0 Å². The normalized spacial score (nSPS) is 13.9. The maximum atomic E-state index is 12.9. The lowest BCUT2D eigenvalue weighted by atomic mass is 10.0. The van der Waals surface area contributed by atoms with E-state index >= 15 is 0 Å². The van der Waals surface area contributed by atoms with Crippen LogP contribution in [0.25, 0.3) is 5.57 Å². The minimum Gasteiger partial charge on any atom is -0.350 e. The minimum absolute atomic E-state index is 0.0756.